The topological polar surface area (TPSA) is 108 Å². The van der Waals surface area contributed by atoms with Crippen LogP contribution in [0.1, 0.15) is 43.9 Å². The molecular weight excluding hydrogens is 394 g/mol. The van der Waals surface area contributed by atoms with Crippen LogP contribution < -0.4 is 5.32 Å². The van der Waals surface area contributed by atoms with E-state index in [1.807, 2.05) is 20.8 Å². The molecule has 3 aromatic rings. The van der Waals surface area contributed by atoms with E-state index in [0.29, 0.717) is 35.2 Å². The Morgan fingerprint density at radius 1 is 1.17 bits per heavy atom. The fourth-order valence-corrected chi connectivity index (χ4v) is 3.23. The van der Waals surface area contributed by atoms with Gasteiger partial charge in [-0.25, -0.2) is 24.1 Å². The molecule has 0 bridgehead atoms. The van der Waals surface area contributed by atoms with Crippen molar-refractivity contribution in [2.24, 2.45) is 5.92 Å². The highest BCUT2D eigenvalue weighted by Gasteiger charge is 2.17. The molecule has 0 saturated carbocycles. The normalized spacial score (nSPS) is 11.1. The fraction of sp³-hybridized carbons (Fsp3) is 0.421. The lowest BCUT2D eigenvalue weighted by Gasteiger charge is -2.06. The van der Waals surface area contributed by atoms with Crippen molar-refractivity contribution in [1.82, 2.24) is 19.6 Å². The van der Waals surface area contributed by atoms with Gasteiger partial charge in [-0.1, -0.05) is 20.8 Å². The predicted molar refractivity (Wildman–Crippen MR) is 109 cm³/mol. The molecule has 9 nitrogen and oxygen atoms in total. The molecule has 1 amide bonds. The maximum atomic E-state index is 12.1. The summed E-state index contributed by atoms with van der Waals surface area (Å²) in [7, 11) is 0. The molecule has 3 aromatic heterocycles. The van der Waals surface area contributed by atoms with Crippen LogP contribution >= 0.6 is 11.3 Å². The van der Waals surface area contributed by atoms with Gasteiger partial charge in [-0.3, -0.25) is 5.32 Å². The van der Waals surface area contributed by atoms with Crippen molar-refractivity contribution in [3.05, 3.63) is 28.9 Å². The van der Waals surface area contributed by atoms with Crippen LogP contribution in [0.2, 0.25) is 0 Å². The van der Waals surface area contributed by atoms with Crippen molar-refractivity contribution in [3.63, 3.8) is 0 Å². The standard InChI is InChI=1S/C19H23N5O4S/c1-5-12-7-14(17(25)27-6-2)20-16-8-13(23-24(12)16)15-10-29-18(21-15)22-19(26)28-9-11(3)4/h7-8,10-11H,5-6,9H2,1-4H3,(H,21,22,26). The van der Waals surface area contributed by atoms with E-state index in [1.165, 1.54) is 11.3 Å². The minimum atomic E-state index is -0.538. The van der Waals surface area contributed by atoms with Crippen molar-refractivity contribution in [3.8, 4) is 11.4 Å². The van der Waals surface area contributed by atoms with Gasteiger partial charge in [0.05, 0.1) is 13.2 Å². The maximum absolute atomic E-state index is 12.1. The first-order valence-electron chi connectivity index (χ1n) is 9.37. The number of nitrogens with zero attached hydrogens (tertiary/aromatic N) is 4. The van der Waals surface area contributed by atoms with Gasteiger partial charge in [-0.05, 0) is 25.3 Å². The third-order valence-corrected chi connectivity index (χ3v) is 4.63. The van der Waals surface area contributed by atoms with Crippen molar-refractivity contribution >= 4 is 34.2 Å². The Bertz CT molecular complexity index is 1030. The molecule has 3 rings (SSSR count). The van der Waals surface area contributed by atoms with Gasteiger partial charge in [0, 0.05) is 17.1 Å². The molecule has 0 aromatic carbocycles. The smallest absolute Gasteiger partial charge is 0.413 e. The molecule has 1 N–H and O–H groups in total. The van der Waals surface area contributed by atoms with Gasteiger partial charge in [-0.2, -0.15) is 5.10 Å². The summed E-state index contributed by atoms with van der Waals surface area (Å²) in [6.07, 6.45) is 0.126. The van der Waals surface area contributed by atoms with Crippen LogP contribution in [0.5, 0.6) is 0 Å². The van der Waals surface area contributed by atoms with Gasteiger partial charge >= 0.3 is 12.1 Å². The number of rotatable bonds is 7. The van der Waals surface area contributed by atoms with E-state index in [1.54, 1.807) is 29.0 Å². The molecule has 3 heterocycles. The van der Waals surface area contributed by atoms with Crippen LogP contribution in [0.25, 0.3) is 17.0 Å². The Kier molecular flexibility index (Phi) is 6.42. The molecule has 0 aliphatic heterocycles. The lowest BCUT2D eigenvalue weighted by molar-refractivity contribution is 0.0519. The van der Waals surface area contributed by atoms with Crippen molar-refractivity contribution in [2.45, 2.75) is 34.1 Å². The van der Waals surface area contributed by atoms with Crippen LogP contribution in [0.4, 0.5) is 9.93 Å². The highest BCUT2D eigenvalue weighted by atomic mass is 32.1. The summed E-state index contributed by atoms with van der Waals surface area (Å²) in [5, 5.41) is 9.38. The van der Waals surface area contributed by atoms with Crippen molar-refractivity contribution < 1.29 is 19.1 Å². The average Bonchev–Trinajstić information content (AvgIpc) is 3.32. The van der Waals surface area contributed by atoms with E-state index in [2.05, 4.69) is 20.4 Å². The Morgan fingerprint density at radius 3 is 2.66 bits per heavy atom. The molecule has 0 unspecified atom stereocenters. The monoisotopic (exact) mass is 417 g/mol. The SMILES string of the molecule is CCOC(=O)c1cc(CC)n2nc(-c3csc(NC(=O)OCC(C)C)n3)cc2n1. The van der Waals surface area contributed by atoms with Crippen LogP contribution in [0.3, 0.4) is 0 Å². The number of ether oxygens (including phenoxy) is 2. The number of hydrogen-bond acceptors (Lipinski definition) is 8. The lowest BCUT2D eigenvalue weighted by Crippen LogP contribution is -2.16. The van der Waals surface area contributed by atoms with Crippen LogP contribution in [0.15, 0.2) is 17.5 Å². The van der Waals surface area contributed by atoms with Crippen LogP contribution in [-0.2, 0) is 15.9 Å². The molecule has 0 atom stereocenters. The number of esters is 1. The molecule has 10 heteroatoms. The Labute approximate surface area is 172 Å². The fourth-order valence-electron chi connectivity index (χ4n) is 2.54. The summed E-state index contributed by atoms with van der Waals surface area (Å²) in [5.41, 5.74) is 2.79. The van der Waals surface area contributed by atoms with E-state index in [4.69, 9.17) is 9.47 Å². The summed E-state index contributed by atoms with van der Waals surface area (Å²) >= 11 is 1.27. The summed E-state index contributed by atoms with van der Waals surface area (Å²) in [6.45, 7) is 8.27. The molecular formula is C19H23N5O4S. The second-order valence-electron chi connectivity index (χ2n) is 6.66. The number of nitrogens with one attached hydrogen (secondary N) is 1. The van der Waals surface area contributed by atoms with E-state index >= 15 is 0 Å². The minimum Gasteiger partial charge on any atom is -0.461 e. The largest absolute Gasteiger partial charge is 0.461 e. The molecule has 0 fully saturated rings. The first-order valence-corrected chi connectivity index (χ1v) is 10.3. The molecule has 154 valence electrons. The van der Waals surface area contributed by atoms with Crippen LogP contribution in [-0.4, -0.2) is 44.9 Å². The first kappa shape index (κ1) is 20.7. The molecule has 0 saturated heterocycles. The number of thiazole rings is 1. The lowest BCUT2D eigenvalue weighted by atomic mass is 10.2. The van der Waals surface area contributed by atoms with Crippen molar-refractivity contribution in [2.75, 3.05) is 18.5 Å². The van der Waals surface area contributed by atoms with Gasteiger partial charge in [-0.15, -0.1) is 11.3 Å². The number of anilines is 1. The van der Waals surface area contributed by atoms with E-state index in [-0.39, 0.29) is 18.2 Å². The summed E-state index contributed by atoms with van der Waals surface area (Å²) in [5.74, 6) is -0.210. The highest BCUT2D eigenvalue weighted by molar-refractivity contribution is 7.14. The molecule has 0 aliphatic rings. The number of carbonyl (C=O) groups excluding carboxylic acids is 2. The number of hydrogen-bond donors (Lipinski definition) is 1. The molecule has 0 aliphatic carbocycles. The quantitative estimate of drug-likeness (QED) is 0.583. The summed E-state index contributed by atoms with van der Waals surface area (Å²) in [6, 6.07) is 3.43. The highest BCUT2D eigenvalue weighted by Crippen LogP contribution is 2.25. The Balaban J connectivity index is 1.84. The second kappa shape index (κ2) is 8.99. The maximum Gasteiger partial charge on any atom is 0.413 e. The molecule has 0 radical (unpaired) electrons. The second-order valence-corrected chi connectivity index (χ2v) is 7.52. The van der Waals surface area contributed by atoms with Gasteiger partial charge in [0.25, 0.3) is 0 Å². The van der Waals surface area contributed by atoms with Crippen molar-refractivity contribution in [1.29, 1.82) is 0 Å². The number of aryl methyl sites for hydroxylation is 1. The third kappa shape index (κ3) is 4.89. The average molecular weight is 417 g/mol. The Morgan fingerprint density at radius 2 is 1.97 bits per heavy atom. The van der Waals surface area contributed by atoms with Crippen LogP contribution in [0, 0.1) is 5.92 Å². The first-order chi connectivity index (χ1) is 13.9. The third-order valence-electron chi connectivity index (χ3n) is 3.87. The summed E-state index contributed by atoms with van der Waals surface area (Å²) in [4.78, 5) is 32.6. The van der Waals surface area contributed by atoms with Gasteiger partial charge in [0.2, 0.25) is 0 Å². The molecule has 0 spiro atoms. The van der Waals surface area contributed by atoms with E-state index in [0.717, 1.165) is 5.69 Å². The number of carbonyl (C=O) groups is 2. The van der Waals surface area contributed by atoms with Gasteiger partial charge < -0.3 is 9.47 Å². The van der Waals surface area contributed by atoms with E-state index in [9.17, 15) is 9.59 Å². The minimum absolute atomic E-state index is 0.246. The van der Waals surface area contributed by atoms with E-state index < -0.39 is 12.1 Å². The van der Waals surface area contributed by atoms with Gasteiger partial charge in [0.15, 0.2) is 16.5 Å². The predicted octanol–water partition coefficient (Wildman–Crippen LogP) is 3.80. The molecule has 29 heavy (non-hydrogen) atoms. The zero-order valence-corrected chi connectivity index (χ0v) is 17.6. The number of fused-ring (bicyclic) bond motifs is 1. The number of amides is 1. The zero-order chi connectivity index (χ0) is 21.0. The zero-order valence-electron chi connectivity index (χ0n) is 16.8. The Hall–Kier alpha value is -3.01. The number of aromatic nitrogens is 4. The summed E-state index contributed by atoms with van der Waals surface area (Å²) < 4.78 is 11.8. The van der Waals surface area contributed by atoms with Gasteiger partial charge in [0.1, 0.15) is 11.4 Å².